The van der Waals surface area contributed by atoms with Crippen molar-refractivity contribution in [3.63, 3.8) is 0 Å². The zero-order valence-electron chi connectivity index (χ0n) is 7.88. The van der Waals surface area contributed by atoms with Crippen LogP contribution in [0.25, 0.3) is 0 Å². The van der Waals surface area contributed by atoms with Crippen LogP contribution in [-0.2, 0) is 14.2 Å². The quantitative estimate of drug-likeness (QED) is 0.549. The molecule has 0 aliphatic carbocycles. The van der Waals surface area contributed by atoms with Gasteiger partial charge in [-0.05, 0) is 0 Å². The van der Waals surface area contributed by atoms with E-state index >= 15 is 0 Å². The highest BCUT2D eigenvalue weighted by Crippen LogP contribution is 2.12. The van der Waals surface area contributed by atoms with Gasteiger partial charge in [0.05, 0.1) is 0 Å². The first-order valence-corrected chi connectivity index (χ1v) is 3.41. The Morgan fingerprint density at radius 2 is 1.71 bits per heavy atom. The third-order valence-corrected chi connectivity index (χ3v) is 1.23. The summed E-state index contributed by atoms with van der Waals surface area (Å²) in [6.07, 6.45) is -2.82. The second-order valence-electron chi connectivity index (χ2n) is 2.12. The molecule has 0 spiro atoms. The van der Waals surface area contributed by atoms with Gasteiger partial charge in [0.15, 0.2) is 0 Å². The van der Waals surface area contributed by atoms with Crippen LogP contribution in [0.1, 0.15) is 6.92 Å². The second-order valence-corrected chi connectivity index (χ2v) is 2.12. The summed E-state index contributed by atoms with van der Waals surface area (Å²) in [4.78, 5) is 20.7. The first-order chi connectivity index (χ1) is 6.43. The van der Waals surface area contributed by atoms with Crippen LogP contribution in [0.4, 0.5) is 9.59 Å². The fourth-order valence-corrected chi connectivity index (χ4v) is 0.429. The third kappa shape index (κ3) is 4.48. The molecule has 1 N–H and O–H groups in total. The lowest BCUT2D eigenvalue weighted by atomic mass is 10.6. The van der Waals surface area contributed by atoms with Crippen LogP contribution in [0.3, 0.4) is 0 Å². The number of rotatable bonds is 3. The fourth-order valence-electron chi connectivity index (χ4n) is 0.429. The molecule has 80 valence electrons. The zero-order chi connectivity index (χ0) is 11.2. The Balaban J connectivity index is 4.24. The number of azo groups is 1. The van der Waals surface area contributed by atoms with Gasteiger partial charge < -0.3 is 19.3 Å². The van der Waals surface area contributed by atoms with E-state index in [1.807, 2.05) is 0 Å². The first-order valence-electron chi connectivity index (χ1n) is 3.41. The topological polar surface area (TPSA) is 107 Å². The van der Waals surface area contributed by atoms with Crippen LogP contribution in [0.2, 0.25) is 0 Å². The molecular formula is C6H10N2O6. The highest BCUT2D eigenvalue weighted by molar-refractivity contribution is 5.72. The molecule has 0 aromatic heterocycles. The Labute approximate surface area is 79.5 Å². The van der Waals surface area contributed by atoms with Crippen molar-refractivity contribution in [2.24, 2.45) is 10.2 Å². The van der Waals surface area contributed by atoms with Gasteiger partial charge in [0, 0.05) is 21.1 Å². The summed E-state index contributed by atoms with van der Waals surface area (Å²) in [6, 6.07) is 0. The van der Waals surface area contributed by atoms with Crippen LogP contribution in [0, 0.1) is 0 Å². The molecule has 14 heavy (non-hydrogen) atoms. The van der Waals surface area contributed by atoms with E-state index in [-0.39, 0.29) is 0 Å². The van der Waals surface area contributed by atoms with Gasteiger partial charge in [-0.3, -0.25) is 0 Å². The standard InChI is InChI=1S/C6H10N2O6/c1-6(12-2,13-3)14-5(11)8-7-4(9)10/h1-3H3,(H,9,10). The molecule has 0 aromatic carbocycles. The number of hydrogen-bond acceptors (Lipinski definition) is 5. The molecule has 8 nitrogen and oxygen atoms in total. The number of nitrogens with zero attached hydrogens (tertiary/aromatic N) is 2. The summed E-state index contributed by atoms with van der Waals surface area (Å²) in [5.74, 6) is -1.60. The van der Waals surface area contributed by atoms with Gasteiger partial charge in [-0.2, -0.15) is 0 Å². The van der Waals surface area contributed by atoms with Crippen LogP contribution in [-0.4, -0.2) is 37.5 Å². The number of methoxy groups -OCH3 is 2. The van der Waals surface area contributed by atoms with Gasteiger partial charge in [-0.15, -0.1) is 0 Å². The number of carbonyl (C=O) groups is 2. The molecule has 0 aromatic rings. The van der Waals surface area contributed by atoms with Crippen molar-refractivity contribution >= 4 is 12.2 Å². The summed E-state index contributed by atoms with van der Waals surface area (Å²) < 4.78 is 13.8. The maximum atomic E-state index is 10.8. The summed E-state index contributed by atoms with van der Waals surface area (Å²) in [6.45, 7) is 1.31. The van der Waals surface area contributed by atoms with Crippen molar-refractivity contribution in [2.75, 3.05) is 14.2 Å². The lowest BCUT2D eigenvalue weighted by Crippen LogP contribution is -2.34. The minimum Gasteiger partial charge on any atom is -0.462 e. The normalized spacial score (nSPS) is 11.6. The van der Waals surface area contributed by atoms with Gasteiger partial charge in [-0.25, -0.2) is 9.59 Å². The van der Waals surface area contributed by atoms with Crippen LogP contribution in [0.15, 0.2) is 10.2 Å². The molecule has 0 aliphatic heterocycles. The average molecular weight is 206 g/mol. The zero-order valence-corrected chi connectivity index (χ0v) is 7.88. The largest absolute Gasteiger partial charge is 0.462 e. The molecular weight excluding hydrogens is 196 g/mol. The van der Waals surface area contributed by atoms with Crippen LogP contribution < -0.4 is 0 Å². The molecule has 0 atom stereocenters. The molecule has 0 aliphatic rings. The van der Waals surface area contributed by atoms with E-state index < -0.39 is 18.2 Å². The number of carbonyl (C=O) groups excluding carboxylic acids is 1. The minimum absolute atomic E-state index is 1.22. The monoisotopic (exact) mass is 206 g/mol. The minimum atomic E-state index is -1.60. The molecule has 8 heteroatoms. The maximum Gasteiger partial charge on any atom is 0.456 e. The van der Waals surface area contributed by atoms with Gasteiger partial charge in [0.25, 0.3) is 0 Å². The number of ether oxygens (including phenoxy) is 3. The lowest BCUT2D eigenvalue weighted by Gasteiger charge is -2.23. The lowest BCUT2D eigenvalue weighted by molar-refractivity contribution is -0.321. The van der Waals surface area contributed by atoms with E-state index in [1.165, 1.54) is 21.1 Å². The summed E-state index contributed by atoms with van der Waals surface area (Å²) >= 11 is 0. The summed E-state index contributed by atoms with van der Waals surface area (Å²) in [5.41, 5.74) is 0. The Morgan fingerprint density at radius 3 is 2.07 bits per heavy atom. The highest BCUT2D eigenvalue weighted by atomic mass is 16.9. The predicted molar refractivity (Wildman–Crippen MR) is 41.8 cm³/mol. The first kappa shape index (κ1) is 12.5. The van der Waals surface area contributed by atoms with Crippen molar-refractivity contribution in [1.29, 1.82) is 0 Å². The van der Waals surface area contributed by atoms with Gasteiger partial charge in [0.2, 0.25) is 0 Å². The molecule has 0 bridgehead atoms. The number of hydrogen-bond donors (Lipinski definition) is 1. The van der Waals surface area contributed by atoms with Gasteiger partial charge in [-0.1, -0.05) is 10.2 Å². The Kier molecular flexibility index (Phi) is 4.67. The van der Waals surface area contributed by atoms with E-state index in [9.17, 15) is 9.59 Å². The predicted octanol–water partition coefficient (Wildman–Crippen LogP) is 1.22. The average Bonchev–Trinajstić information content (AvgIpc) is 2.14. The molecule has 0 saturated carbocycles. The van der Waals surface area contributed by atoms with Crippen molar-refractivity contribution < 1.29 is 28.9 Å². The Bertz CT molecular complexity index is 247. The third-order valence-electron chi connectivity index (χ3n) is 1.23. The van der Waals surface area contributed by atoms with Crippen molar-refractivity contribution in [3.05, 3.63) is 0 Å². The molecule has 0 saturated heterocycles. The fraction of sp³-hybridized carbons (Fsp3) is 0.667. The van der Waals surface area contributed by atoms with E-state index in [1.54, 1.807) is 0 Å². The smallest absolute Gasteiger partial charge is 0.456 e. The van der Waals surface area contributed by atoms with Crippen molar-refractivity contribution in [3.8, 4) is 0 Å². The van der Waals surface area contributed by atoms with Crippen LogP contribution >= 0.6 is 0 Å². The molecule has 2 amide bonds. The Hall–Kier alpha value is -1.54. The molecule has 0 heterocycles. The number of amides is 2. The Morgan fingerprint density at radius 1 is 1.21 bits per heavy atom. The molecule has 0 rings (SSSR count). The molecule has 0 fully saturated rings. The summed E-state index contributed by atoms with van der Waals surface area (Å²) in [5, 5.41) is 13.3. The van der Waals surface area contributed by atoms with E-state index in [2.05, 4.69) is 24.4 Å². The number of carboxylic acid groups (broad SMARTS) is 1. The van der Waals surface area contributed by atoms with Crippen molar-refractivity contribution in [1.82, 2.24) is 0 Å². The van der Waals surface area contributed by atoms with Crippen LogP contribution in [0.5, 0.6) is 0 Å². The van der Waals surface area contributed by atoms with Gasteiger partial charge in [0.1, 0.15) is 0 Å². The van der Waals surface area contributed by atoms with Crippen molar-refractivity contribution in [2.45, 2.75) is 12.9 Å². The molecule has 0 unspecified atom stereocenters. The second kappa shape index (κ2) is 5.25. The maximum absolute atomic E-state index is 10.8. The van der Waals surface area contributed by atoms with Gasteiger partial charge >= 0.3 is 18.2 Å². The van der Waals surface area contributed by atoms with E-state index in [0.29, 0.717) is 0 Å². The summed E-state index contributed by atoms with van der Waals surface area (Å²) in [7, 11) is 2.48. The van der Waals surface area contributed by atoms with E-state index in [4.69, 9.17) is 5.11 Å². The highest BCUT2D eigenvalue weighted by Gasteiger charge is 2.28. The molecule has 0 radical (unpaired) electrons. The van der Waals surface area contributed by atoms with E-state index in [0.717, 1.165) is 0 Å². The SMILES string of the molecule is COC(C)(OC)OC(=O)N=NC(=O)O.